The molecule has 0 radical (unpaired) electrons. The minimum absolute atomic E-state index is 0.230. The van der Waals surface area contributed by atoms with Gasteiger partial charge in [0.2, 0.25) is 0 Å². The maximum atomic E-state index is 13.1. The van der Waals surface area contributed by atoms with E-state index < -0.39 is 5.97 Å². The molecule has 1 aromatic carbocycles. The molecule has 100 valence electrons. The monoisotopic (exact) mass is 261 g/mol. The SMILES string of the molecule is CC(C)c1cc(C(=O)O)n(Cc2cccc(F)c2)c1. The normalized spacial score (nSPS) is 10.9. The molecule has 0 fully saturated rings. The minimum atomic E-state index is -0.969. The molecule has 0 aliphatic rings. The molecular weight excluding hydrogens is 245 g/mol. The van der Waals surface area contributed by atoms with Gasteiger partial charge >= 0.3 is 5.97 Å². The average molecular weight is 261 g/mol. The van der Waals surface area contributed by atoms with Crippen molar-refractivity contribution in [2.24, 2.45) is 0 Å². The summed E-state index contributed by atoms with van der Waals surface area (Å²) >= 11 is 0. The zero-order valence-corrected chi connectivity index (χ0v) is 10.9. The summed E-state index contributed by atoms with van der Waals surface area (Å²) in [6, 6.07) is 7.87. The zero-order chi connectivity index (χ0) is 14.0. The van der Waals surface area contributed by atoms with Gasteiger partial charge in [0.05, 0.1) is 0 Å². The molecule has 19 heavy (non-hydrogen) atoms. The van der Waals surface area contributed by atoms with Crippen LogP contribution in [0.2, 0.25) is 0 Å². The van der Waals surface area contributed by atoms with Crippen LogP contribution in [0.4, 0.5) is 4.39 Å². The highest BCUT2D eigenvalue weighted by molar-refractivity contribution is 5.86. The molecule has 3 nitrogen and oxygen atoms in total. The van der Waals surface area contributed by atoms with Crippen molar-refractivity contribution in [1.29, 1.82) is 0 Å². The summed E-state index contributed by atoms with van der Waals surface area (Å²) in [7, 11) is 0. The fourth-order valence-corrected chi connectivity index (χ4v) is 1.99. The van der Waals surface area contributed by atoms with Crippen molar-refractivity contribution in [3.05, 3.63) is 59.2 Å². The summed E-state index contributed by atoms with van der Waals surface area (Å²) in [6.45, 7) is 4.37. The molecule has 0 spiro atoms. The lowest BCUT2D eigenvalue weighted by atomic mass is 10.1. The molecule has 0 saturated carbocycles. The third-order valence-electron chi connectivity index (χ3n) is 3.05. The van der Waals surface area contributed by atoms with Crippen LogP contribution < -0.4 is 0 Å². The minimum Gasteiger partial charge on any atom is -0.477 e. The summed E-state index contributed by atoms with van der Waals surface area (Å²) in [5, 5.41) is 9.20. The molecule has 1 aromatic heterocycles. The number of halogens is 1. The van der Waals surface area contributed by atoms with Crippen LogP contribution in [0.5, 0.6) is 0 Å². The fourth-order valence-electron chi connectivity index (χ4n) is 1.99. The molecule has 0 atom stereocenters. The van der Waals surface area contributed by atoms with Gasteiger partial charge < -0.3 is 9.67 Å². The molecule has 1 heterocycles. The van der Waals surface area contributed by atoms with Gasteiger partial charge in [-0.25, -0.2) is 9.18 Å². The Hall–Kier alpha value is -2.10. The summed E-state index contributed by atoms with van der Waals surface area (Å²) in [4.78, 5) is 11.2. The van der Waals surface area contributed by atoms with Crippen molar-refractivity contribution in [2.75, 3.05) is 0 Å². The first-order valence-corrected chi connectivity index (χ1v) is 6.15. The Bertz CT molecular complexity index is 602. The number of hydrogen-bond donors (Lipinski definition) is 1. The summed E-state index contributed by atoms with van der Waals surface area (Å²) in [5.74, 6) is -1.03. The quantitative estimate of drug-likeness (QED) is 0.915. The van der Waals surface area contributed by atoms with Gasteiger partial charge in [-0.1, -0.05) is 26.0 Å². The van der Waals surface area contributed by atoms with Gasteiger partial charge in [0, 0.05) is 12.7 Å². The van der Waals surface area contributed by atoms with E-state index in [1.54, 1.807) is 22.8 Å². The predicted molar refractivity (Wildman–Crippen MR) is 71.0 cm³/mol. The zero-order valence-electron chi connectivity index (χ0n) is 10.9. The highest BCUT2D eigenvalue weighted by Gasteiger charge is 2.14. The Morgan fingerprint density at radius 3 is 2.68 bits per heavy atom. The average Bonchev–Trinajstić information content (AvgIpc) is 2.73. The van der Waals surface area contributed by atoms with Crippen molar-refractivity contribution < 1.29 is 14.3 Å². The van der Waals surface area contributed by atoms with E-state index in [1.165, 1.54) is 12.1 Å². The van der Waals surface area contributed by atoms with Gasteiger partial charge in [0.25, 0.3) is 0 Å². The number of rotatable bonds is 4. The van der Waals surface area contributed by atoms with Gasteiger partial charge in [0.1, 0.15) is 11.5 Å². The second kappa shape index (κ2) is 5.26. The molecule has 0 bridgehead atoms. The topological polar surface area (TPSA) is 42.2 Å². The molecule has 4 heteroatoms. The standard InChI is InChI=1S/C15H16FNO2/c1-10(2)12-7-14(15(18)19)17(9-12)8-11-4-3-5-13(16)6-11/h3-7,9-10H,8H2,1-2H3,(H,18,19). The first-order valence-electron chi connectivity index (χ1n) is 6.15. The molecule has 1 N–H and O–H groups in total. The van der Waals surface area contributed by atoms with Crippen LogP contribution in [0.3, 0.4) is 0 Å². The fraction of sp³-hybridized carbons (Fsp3) is 0.267. The Labute approximate surface area is 111 Å². The van der Waals surface area contributed by atoms with Crippen LogP contribution in [0.15, 0.2) is 36.5 Å². The van der Waals surface area contributed by atoms with Gasteiger partial charge in [-0.3, -0.25) is 0 Å². The maximum Gasteiger partial charge on any atom is 0.352 e. The molecule has 2 aromatic rings. The molecule has 0 aliphatic carbocycles. The molecular formula is C15H16FNO2. The Morgan fingerprint density at radius 1 is 1.37 bits per heavy atom. The molecule has 0 unspecified atom stereocenters. The highest BCUT2D eigenvalue weighted by Crippen LogP contribution is 2.19. The lowest BCUT2D eigenvalue weighted by Crippen LogP contribution is -2.08. The molecule has 2 rings (SSSR count). The van der Waals surface area contributed by atoms with Crippen LogP contribution >= 0.6 is 0 Å². The lowest BCUT2D eigenvalue weighted by Gasteiger charge is -2.06. The van der Waals surface area contributed by atoms with E-state index in [0.29, 0.717) is 6.54 Å². The first-order chi connectivity index (χ1) is 8.97. The van der Waals surface area contributed by atoms with E-state index in [9.17, 15) is 14.3 Å². The van der Waals surface area contributed by atoms with Crippen molar-refractivity contribution in [2.45, 2.75) is 26.3 Å². The number of carbonyl (C=O) groups is 1. The van der Waals surface area contributed by atoms with E-state index in [1.807, 2.05) is 20.0 Å². The first kappa shape index (κ1) is 13.3. The number of carboxylic acid groups (broad SMARTS) is 1. The van der Waals surface area contributed by atoms with Crippen molar-refractivity contribution in [3.63, 3.8) is 0 Å². The molecule has 0 aliphatic heterocycles. The van der Waals surface area contributed by atoms with E-state index in [2.05, 4.69) is 0 Å². The van der Waals surface area contributed by atoms with Gasteiger partial charge in [-0.05, 0) is 35.2 Å². The molecule has 0 saturated heterocycles. The lowest BCUT2D eigenvalue weighted by molar-refractivity contribution is 0.0685. The Kier molecular flexibility index (Phi) is 3.69. The second-order valence-electron chi connectivity index (χ2n) is 4.88. The second-order valence-corrected chi connectivity index (χ2v) is 4.88. The number of aromatic nitrogens is 1. The summed E-state index contributed by atoms with van der Waals surface area (Å²) in [5.41, 5.74) is 1.94. The van der Waals surface area contributed by atoms with E-state index in [-0.39, 0.29) is 17.4 Å². The Morgan fingerprint density at radius 2 is 2.11 bits per heavy atom. The van der Waals surface area contributed by atoms with Crippen LogP contribution in [-0.4, -0.2) is 15.6 Å². The van der Waals surface area contributed by atoms with Crippen LogP contribution in [0.25, 0.3) is 0 Å². The Balaban J connectivity index is 2.36. The van der Waals surface area contributed by atoms with Crippen molar-refractivity contribution in [3.8, 4) is 0 Å². The largest absolute Gasteiger partial charge is 0.477 e. The van der Waals surface area contributed by atoms with E-state index in [0.717, 1.165) is 11.1 Å². The van der Waals surface area contributed by atoms with Crippen molar-refractivity contribution in [1.82, 2.24) is 4.57 Å². The van der Waals surface area contributed by atoms with E-state index >= 15 is 0 Å². The number of nitrogens with zero attached hydrogens (tertiary/aromatic N) is 1. The van der Waals surface area contributed by atoms with Gasteiger partial charge in [0.15, 0.2) is 0 Å². The van der Waals surface area contributed by atoms with Gasteiger partial charge in [-0.15, -0.1) is 0 Å². The number of carboxylic acids is 1. The van der Waals surface area contributed by atoms with Crippen molar-refractivity contribution >= 4 is 5.97 Å². The summed E-state index contributed by atoms with van der Waals surface area (Å²) in [6.07, 6.45) is 1.82. The van der Waals surface area contributed by atoms with Gasteiger partial charge in [-0.2, -0.15) is 0 Å². The maximum absolute atomic E-state index is 13.1. The smallest absolute Gasteiger partial charge is 0.352 e. The van der Waals surface area contributed by atoms with Crippen LogP contribution in [0, 0.1) is 5.82 Å². The predicted octanol–water partition coefficient (Wildman–Crippen LogP) is 3.50. The van der Waals surface area contributed by atoms with Crippen LogP contribution in [0.1, 0.15) is 41.4 Å². The highest BCUT2D eigenvalue weighted by atomic mass is 19.1. The summed E-state index contributed by atoms with van der Waals surface area (Å²) < 4.78 is 14.8. The number of hydrogen-bond acceptors (Lipinski definition) is 1. The van der Waals surface area contributed by atoms with Crippen LogP contribution in [-0.2, 0) is 6.54 Å². The third kappa shape index (κ3) is 3.02. The van der Waals surface area contributed by atoms with E-state index in [4.69, 9.17) is 0 Å². The molecule has 0 amide bonds. The number of benzene rings is 1. The third-order valence-corrected chi connectivity index (χ3v) is 3.05. The number of aromatic carboxylic acids is 1.